The van der Waals surface area contributed by atoms with Gasteiger partial charge in [0.05, 0.1) is 12.1 Å². The molecule has 4 rings (SSSR count). The smallest absolute Gasteiger partial charge is 0.312 e. The van der Waals surface area contributed by atoms with Gasteiger partial charge in [0.15, 0.2) is 0 Å². The zero-order chi connectivity index (χ0) is 27.9. The predicted octanol–water partition coefficient (Wildman–Crippen LogP) is 1.55. The number of rotatable bonds is 9. The molecule has 0 spiro atoms. The van der Waals surface area contributed by atoms with Crippen molar-refractivity contribution in [2.24, 2.45) is 17.4 Å². The maximum atomic E-state index is 14.0. The van der Waals surface area contributed by atoms with E-state index < -0.39 is 30.1 Å². The number of carbonyl (C=O) groups is 4. The van der Waals surface area contributed by atoms with E-state index in [0.717, 1.165) is 11.1 Å². The molecule has 2 heterocycles. The van der Waals surface area contributed by atoms with Crippen LogP contribution >= 0.6 is 0 Å². The number of nitrogens with one attached hydrogen (secondary N) is 3. The van der Waals surface area contributed by atoms with E-state index in [9.17, 15) is 19.2 Å². The van der Waals surface area contributed by atoms with Gasteiger partial charge in [0, 0.05) is 18.5 Å². The molecule has 2 saturated heterocycles. The minimum atomic E-state index is -0.931. The molecule has 0 saturated carbocycles. The highest BCUT2D eigenvalue weighted by atomic mass is 16.2. The van der Waals surface area contributed by atoms with Crippen molar-refractivity contribution in [2.45, 2.75) is 69.2 Å². The van der Waals surface area contributed by atoms with E-state index in [1.54, 1.807) is 11.8 Å². The number of carbonyl (C=O) groups excluding carboxylic acids is 4. The lowest BCUT2D eigenvalue weighted by Gasteiger charge is -2.33. The molecule has 208 valence electrons. The Bertz CT molecular complexity index is 1120. The molecule has 0 bridgehead atoms. The molecule has 0 unspecified atom stereocenters. The van der Waals surface area contributed by atoms with E-state index in [2.05, 4.69) is 16.0 Å². The molecular weight excluding hydrogens is 496 g/mol. The largest absolute Gasteiger partial charge is 0.352 e. The van der Waals surface area contributed by atoms with Gasteiger partial charge in [-0.1, -0.05) is 67.6 Å². The third-order valence-corrected chi connectivity index (χ3v) is 7.83. The minimum absolute atomic E-state index is 0.134. The summed E-state index contributed by atoms with van der Waals surface area (Å²) >= 11 is 0. The van der Waals surface area contributed by atoms with Crippen molar-refractivity contribution in [3.05, 3.63) is 71.8 Å². The van der Waals surface area contributed by atoms with Crippen LogP contribution in [0.15, 0.2) is 60.7 Å². The SMILES string of the molecule is CC[C@H](N)C(=O)N[C@@H]1C(=O)N2[C@@H](CC[C@@H]1CNC(N)=O)CC[C@H]2C(=O)NC(c1ccccc1)c1ccccc1. The molecule has 0 radical (unpaired) electrons. The lowest BCUT2D eigenvalue weighted by Crippen LogP contribution is -2.59. The summed E-state index contributed by atoms with van der Waals surface area (Å²) in [6.07, 6.45) is 2.83. The van der Waals surface area contributed by atoms with Crippen molar-refractivity contribution in [2.75, 3.05) is 6.54 Å². The van der Waals surface area contributed by atoms with Crippen LogP contribution in [-0.4, -0.2) is 59.4 Å². The fraction of sp³-hybridized carbons (Fsp3) is 0.448. The van der Waals surface area contributed by atoms with E-state index in [-0.39, 0.29) is 36.4 Å². The van der Waals surface area contributed by atoms with Crippen LogP contribution in [0.4, 0.5) is 4.79 Å². The molecule has 2 fully saturated rings. The highest BCUT2D eigenvalue weighted by Gasteiger charge is 2.48. The Hall–Kier alpha value is -3.92. The molecule has 5 atom stereocenters. The second-order valence-corrected chi connectivity index (χ2v) is 10.3. The van der Waals surface area contributed by atoms with Crippen LogP contribution in [0.3, 0.4) is 0 Å². The molecule has 2 aliphatic rings. The van der Waals surface area contributed by atoms with E-state index in [1.165, 1.54) is 0 Å². The first kappa shape index (κ1) is 28.1. The third-order valence-electron chi connectivity index (χ3n) is 7.83. The Morgan fingerprint density at radius 1 is 0.949 bits per heavy atom. The van der Waals surface area contributed by atoms with E-state index in [1.807, 2.05) is 60.7 Å². The van der Waals surface area contributed by atoms with Gasteiger partial charge in [0.2, 0.25) is 17.7 Å². The first-order valence-electron chi connectivity index (χ1n) is 13.6. The lowest BCUT2D eigenvalue weighted by molar-refractivity contribution is -0.143. The first-order chi connectivity index (χ1) is 18.8. The molecule has 0 aromatic heterocycles. The highest BCUT2D eigenvalue weighted by molar-refractivity contribution is 5.94. The zero-order valence-corrected chi connectivity index (χ0v) is 22.2. The van der Waals surface area contributed by atoms with Crippen molar-refractivity contribution in [1.82, 2.24) is 20.9 Å². The molecule has 39 heavy (non-hydrogen) atoms. The maximum Gasteiger partial charge on any atom is 0.312 e. The molecule has 2 aromatic rings. The fourth-order valence-electron chi connectivity index (χ4n) is 5.66. The van der Waals surface area contributed by atoms with Gasteiger partial charge in [-0.3, -0.25) is 14.4 Å². The summed E-state index contributed by atoms with van der Waals surface area (Å²) in [5.74, 6) is -1.40. The average Bonchev–Trinajstić information content (AvgIpc) is 3.33. The maximum absolute atomic E-state index is 14.0. The molecule has 2 aliphatic heterocycles. The second kappa shape index (κ2) is 12.8. The van der Waals surface area contributed by atoms with Gasteiger partial charge in [0.25, 0.3) is 0 Å². The first-order valence-corrected chi connectivity index (χ1v) is 13.6. The van der Waals surface area contributed by atoms with Gasteiger partial charge in [-0.25, -0.2) is 4.79 Å². The van der Waals surface area contributed by atoms with Gasteiger partial charge in [0.1, 0.15) is 12.1 Å². The summed E-state index contributed by atoms with van der Waals surface area (Å²) in [4.78, 5) is 53.6. The lowest BCUT2D eigenvalue weighted by atomic mass is 9.92. The number of hydrogen-bond acceptors (Lipinski definition) is 5. The Morgan fingerprint density at radius 2 is 1.54 bits per heavy atom. The quantitative estimate of drug-likeness (QED) is 0.330. The van der Waals surface area contributed by atoms with Crippen LogP contribution < -0.4 is 27.4 Å². The van der Waals surface area contributed by atoms with Gasteiger partial charge in [-0.15, -0.1) is 0 Å². The second-order valence-electron chi connectivity index (χ2n) is 10.3. The number of amides is 5. The van der Waals surface area contributed by atoms with Crippen molar-refractivity contribution in [1.29, 1.82) is 0 Å². The van der Waals surface area contributed by atoms with Crippen LogP contribution in [-0.2, 0) is 14.4 Å². The number of fused-ring (bicyclic) bond motifs is 1. The molecular formula is C29H38N6O4. The Labute approximate surface area is 228 Å². The number of hydrogen-bond donors (Lipinski definition) is 5. The Balaban J connectivity index is 1.59. The fourth-order valence-corrected chi connectivity index (χ4v) is 5.66. The standard InChI is InChI=1S/C29H38N6O4/c1-2-22(30)26(36)34-25-20(17-32-29(31)39)13-14-21-15-16-23(35(21)28(25)38)27(37)33-24(18-9-5-3-6-10-18)19-11-7-4-8-12-19/h3-12,20-25H,2,13-17,30H2,1H3,(H,33,37)(H,34,36)(H3,31,32,39)/t20-,21+,22+,23+,25+/m1/s1. The van der Waals surface area contributed by atoms with Crippen LogP contribution in [0.2, 0.25) is 0 Å². The van der Waals surface area contributed by atoms with Crippen molar-refractivity contribution in [3.8, 4) is 0 Å². The van der Waals surface area contributed by atoms with Crippen LogP contribution in [0.5, 0.6) is 0 Å². The summed E-state index contributed by atoms with van der Waals surface area (Å²) in [5, 5.41) is 8.58. The van der Waals surface area contributed by atoms with E-state index in [0.29, 0.717) is 32.1 Å². The number of nitrogens with zero attached hydrogens (tertiary/aromatic N) is 1. The average molecular weight is 535 g/mol. The van der Waals surface area contributed by atoms with Crippen molar-refractivity contribution in [3.63, 3.8) is 0 Å². The number of nitrogens with two attached hydrogens (primary N) is 2. The monoisotopic (exact) mass is 534 g/mol. The normalized spacial score (nSPS) is 23.5. The van der Waals surface area contributed by atoms with Crippen molar-refractivity contribution < 1.29 is 19.2 Å². The van der Waals surface area contributed by atoms with Gasteiger partial charge in [-0.05, 0) is 43.2 Å². The number of primary amides is 1. The predicted molar refractivity (Wildman–Crippen MR) is 147 cm³/mol. The molecule has 10 nitrogen and oxygen atoms in total. The minimum Gasteiger partial charge on any atom is -0.352 e. The molecule has 5 amide bonds. The topological polar surface area (TPSA) is 160 Å². The van der Waals surface area contributed by atoms with Crippen LogP contribution in [0.1, 0.15) is 56.2 Å². The van der Waals surface area contributed by atoms with Crippen molar-refractivity contribution >= 4 is 23.8 Å². The van der Waals surface area contributed by atoms with Crippen LogP contribution in [0, 0.1) is 5.92 Å². The van der Waals surface area contributed by atoms with E-state index in [4.69, 9.17) is 11.5 Å². The van der Waals surface area contributed by atoms with Gasteiger partial charge < -0.3 is 32.3 Å². The van der Waals surface area contributed by atoms with Gasteiger partial charge in [-0.2, -0.15) is 0 Å². The Morgan fingerprint density at radius 3 is 2.10 bits per heavy atom. The molecule has 0 aliphatic carbocycles. The summed E-state index contributed by atoms with van der Waals surface area (Å²) in [6, 6.07) is 15.8. The summed E-state index contributed by atoms with van der Waals surface area (Å²) in [6.45, 7) is 1.92. The summed E-state index contributed by atoms with van der Waals surface area (Å²) in [5.41, 5.74) is 13.1. The summed E-state index contributed by atoms with van der Waals surface area (Å²) < 4.78 is 0. The number of benzene rings is 2. The van der Waals surface area contributed by atoms with Gasteiger partial charge >= 0.3 is 6.03 Å². The third kappa shape index (κ3) is 6.57. The molecule has 7 N–H and O–H groups in total. The zero-order valence-electron chi connectivity index (χ0n) is 22.2. The molecule has 2 aromatic carbocycles. The highest BCUT2D eigenvalue weighted by Crippen LogP contribution is 2.34. The number of urea groups is 1. The van der Waals surface area contributed by atoms with E-state index >= 15 is 0 Å². The Kier molecular flexibility index (Phi) is 9.19. The molecule has 10 heteroatoms. The summed E-state index contributed by atoms with van der Waals surface area (Å²) in [7, 11) is 0. The van der Waals surface area contributed by atoms with Crippen LogP contribution in [0.25, 0.3) is 0 Å².